The summed E-state index contributed by atoms with van der Waals surface area (Å²) < 4.78 is 44.2. The molecule has 0 radical (unpaired) electrons. The van der Waals surface area contributed by atoms with Crippen molar-refractivity contribution >= 4 is 10.0 Å². The van der Waals surface area contributed by atoms with Crippen LogP contribution in [0, 0.1) is 5.82 Å². The molecule has 0 bridgehead atoms. The van der Waals surface area contributed by atoms with Crippen molar-refractivity contribution in [1.82, 2.24) is 14.9 Å². The molecule has 0 aliphatic heterocycles. The third kappa shape index (κ3) is 3.40. The van der Waals surface area contributed by atoms with E-state index in [4.69, 9.17) is 4.42 Å². The molecule has 8 heteroatoms. The second-order valence-electron chi connectivity index (χ2n) is 4.47. The largest absolute Gasteiger partial charge is 0.424 e. The van der Waals surface area contributed by atoms with Crippen molar-refractivity contribution in [3.8, 4) is 0 Å². The summed E-state index contributed by atoms with van der Waals surface area (Å²) >= 11 is 0. The summed E-state index contributed by atoms with van der Waals surface area (Å²) in [7, 11) is -3.73. The summed E-state index contributed by atoms with van der Waals surface area (Å²) in [6.07, 6.45) is 0. The van der Waals surface area contributed by atoms with Crippen molar-refractivity contribution < 1.29 is 17.2 Å². The lowest BCUT2D eigenvalue weighted by Crippen LogP contribution is -2.23. The van der Waals surface area contributed by atoms with Crippen LogP contribution in [-0.2, 0) is 16.6 Å². The predicted molar refractivity (Wildman–Crippen MR) is 68.8 cm³/mol. The minimum atomic E-state index is -3.73. The number of nitrogens with zero attached hydrogens (tertiary/aromatic N) is 2. The summed E-state index contributed by atoms with van der Waals surface area (Å²) in [5.74, 6) is 0.202. The lowest BCUT2D eigenvalue weighted by molar-refractivity contribution is 0.427. The van der Waals surface area contributed by atoms with E-state index >= 15 is 0 Å². The molecule has 1 heterocycles. The average molecular weight is 299 g/mol. The van der Waals surface area contributed by atoms with E-state index in [0.29, 0.717) is 5.89 Å². The molecule has 0 fully saturated rings. The molecule has 0 unspecified atom stereocenters. The van der Waals surface area contributed by atoms with Crippen molar-refractivity contribution in [2.75, 3.05) is 0 Å². The number of halogens is 1. The lowest BCUT2D eigenvalue weighted by atomic mass is 10.2. The smallest absolute Gasteiger partial charge is 0.241 e. The molecule has 0 spiro atoms. The molecule has 1 aromatic carbocycles. The Hall–Kier alpha value is -1.80. The summed E-state index contributed by atoms with van der Waals surface area (Å²) in [5.41, 5.74) is 0. The van der Waals surface area contributed by atoms with E-state index in [-0.39, 0.29) is 23.2 Å². The van der Waals surface area contributed by atoms with Crippen LogP contribution in [0.25, 0.3) is 0 Å². The van der Waals surface area contributed by atoms with Gasteiger partial charge in [0.25, 0.3) is 0 Å². The van der Waals surface area contributed by atoms with Gasteiger partial charge in [0, 0.05) is 5.92 Å². The second kappa shape index (κ2) is 5.68. The van der Waals surface area contributed by atoms with Gasteiger partial charge < -0.3 is 4.42 Å². The van der Waals surface area contributed by atoms with Crippen molar-refractivity contribution in [1.29, 1.82) is 0 Å². The topological polar surface area (TPSA) is 85.1 Å². The maximum absolute atomic E-state index is 12.8. The first-order valence-electron chi connectivity index (χ1n) is 5.96. The molecular weight excluding hydrogens is 285 g/mol. The lowest BCUT2D eigenvalue weighted by Gasteiger charge is -2.04. The molecule has 6 nitrogen and oxygen atoms in total. The van der Waals surface area contributed by atoms with Crippen LogP contribution in [0.5, 0.6) is 0 Å². The molecular formula is C12H14FN3O3S. The summed E-state index contributed by atoms with van der Waals surface area (Å²) in [4.78, 5) is -0.0255. The number of aromatic nitrogens is 2. The Morgan fingerprint density at radius 1 is 1.25 bits per heavy atom. The van der Waals surface area contributed by atoms with Crippen LogP contribution in [-0.4, -0.2) is 18.6 Å². The van der Waals surface area contributed by atoms with Crippen LogP contribution < -0.4 is 4.72 Å². The van der Waals surface area contributed by atoms with Crippen LogP contribution in [0.3, 0.4) is 0 Å². The van der Waals surface area contributed by atoms with E-state index in [2.05, 4.69) is 14.9 Å². The quantitative estimate of drug-likeness (QED) is 0.910. The Kier molecular flexibility index (Phi) is 4.15. The molecule has 108 valence electrons. The van der Waals surface area contributed by atoms with Crippen molar-refractivity contribution in [2.45, 2.75) is 31.2 Å². The first-order valence-corrected chi connectivity index (χ1v) is 7.44. The van der Waals surface area contributed by atoms with Gasteiger partial charge in [0.1, 0.15) is 5.82 Å². The zero-order chi connectivity index (χ0) is 14.8. The van der Waals surface area contributed by atoms with Crippen LogP contribution in [0.4, 0.5) is 4.39 Å². The predicted octanol–water partition coefficient (Wildman–Crippen LogP) is 1.81. The van der Waals surface area contributed by atoms with Crippen molar-refractivity contribution in [3.63, 3.8) is 0 Å². The highest BCUT2D eigenvalue weighted by Crippen LogP contribution is 2.13. The molecule has 2 rings (SSSR count). The highest BCUT2D eigenvalue weighted by molar-refractivity contribution is 7.89. The number of rotatable bonds is 5. The van der Waals surface area contributed by atoms with E-state index in [1.807, 2.05) is 13.8 Å². The van der Waals surface area contributed by atoms with Crippen molar-refractivity contribution in [3.05, 3.63) is 41.9 Å². The van der Waals surface area contributed by atoms with E-state index in [0.717, 1.165) is 12.1 Å². The minimum absolute atomic E-state index is 0.0255. The number of hydrogen-bond acceptors (Lipinski definition) is 5. The molecule has 1 N–H and O–H groups in total. The van der Waals surface area contributed by atoms with Gasteiger partial charge in [-0.15, -0.1) is 10.2 Å². The fourth-order valence-corrected chi connectivity index (χ4v) is 2.40. The van der Waals surface area contributed by atoms with Gasteiger partial charge in [0.2, 0.25) is 21.8 Å². The Morgan fingerprint density at radius 2 is 1.90 bits per heavy atom. The zero-order valence-electron chi connectivity index (χ0n) is 11.0. The van der Waals surface area contributed by atoms with Gasteiger partial charge in [0.05, 0.1) is 11.4 Å². The summed E-state index contributed by atoms with van der Waals surface area (Å²) in [5, 5.41) is 7.54. The molecule has 0 amide bonds. The standard InChI is InChI=1S/C12H14FN3O3S/c1-8(2)12-16-15-11(19-12)7-14-20(17,18)10-5-3-9(13)4-6-10/h3-6,8,14H,7H2,1-2H3. The van der Waals surface area contributed by atoms with E-state index in [1.54, 1.807) is 0 Å². The van der Waals surface area contributed by atoms with Gasteiger partial charge in [0.15, 0.2) is 0 Å². The van der Waals surface area contributed by atoms with Gasteiger partial charge in [-0.2, -0.15) is 0 Å². The maximum Gasteiger partial charge on any atom is 0.241 e. The SMILES string of the molecule is CC(C)c1nnc(CNS(=O)(=O)c2ccc(F)cc2)o1. The molecule has 0 saturated heterocycles. The number of hydrogen-bond donors (Lipinski definition) is 1. The third-order valence-electron chi connectivity index (χ3n) is 2.51. The van der Waals surface area contributed by atoms with Crippen LogP contribution >= 0.6 is 0 Å². The number of benzene rings is 1. The highest BCUT2D eigenvalue weighted by atomic mass is 32.2. The van der Waals surface area contributed by atoms with Crippen molar-refractivity contribution in [2.24, 2.45) is 0 Å². The Labute approximate surface area is 116 Å². The van der Waals surface area contributed by atoms with Crippen LogP contribution in [0.2, 0.25) is 0 Å². The number of nitrogens with one attached hydrogen (secondary N) is 1. The highest BCUT2D eigenvalue weighted by Gasteiger charge is 2.16. The normalized spacial score (nSPS) is 12.0. The fraction of sp³-hybridized carbons (Fsp3) is 0.333. The van der Waals surface area contributed by atoms with Gasteiger partial charge in [-0.25, -0.2) is 17.5 Å². The molecule has 1 aromatic heterocycles. The Morgan fingerprint density at radius 3 is 2.45 bits per heavy atom. The molecule has 0 aliphatic rings. The van der Waals surface area contributed by atoms with Gasteiger partial charge in [-0.05, 0) is 24.3 Å². The monoisotopic (exact) mass is 299 g/mol. The van der Waals surface area contributed by atoms with Gasteiger partial charge in [-0.3, -0.25) is 0 Å². The van der Waals surface area contributed by atoms with Gasteiger partial charge >= 0.3 is 0 Å². The Balaban J connectivity index is 2.07. The van der Waals surface area contributed by atoms with E-state index in [9.17, 15) is 12.8 Å². The second-order valence-corrected chi connectivity index (χ2v) is 6.23. The minimum Gasteiger partial charge on any atom is -0.424 e. The molecule has 0 saturated carbocycles. The molecule has 20 heavy (non-hydrogen) atoms. The fourth-order valence-electron chi connectivity index (χ4n) is 1.43. The average Bonchev–Trinajstić information content (AvgIpc) is 2.86. The molecule has 0 atom stereocenters. The Bertz CT molecular complexity index is 680. The van der Waals surface area contributed by atoms with Crippen LogP contribution in [0.15, 0.2) is 33.6 Å². The first kappa shape index (κ1) is 14.6. The maximum atomic E-state index is 12.8. The van der Waals surface area contributed by atoms with E-state index < -0.39 is 15.8 Å². The van der Waals surface area contributed by atoms with Crippen LogP contribution in [0.1, 0.15) is 31.5 Å². The van der Waals surface area contributed by atoms with E-state index in [1.165, 1.54) is 12.1 Å². The molecule has 2 aromatic rings. The summed E-state index contributed by atoms with van der Waals surface area (Å²) in [6, 6.07) is 4.53. The number of sulfonamides is 1. The first-order chi connectivity index (χ1) is 9.38. The van der Waals surface area contributed by atoms with Gasteiger partial charge in [-0.1, -0.05) is 13.8 Å². The molecule has 0 aliphatic carbocycles. The summed E-state index contributed by atoms with van der Waals surface area (Å²) in [6.45, 7) is 3.67. The third-order valence-corrected chi connectivity index (χ3v) is 3.93. The zero-order valence-corrected chi connectivity index (χ0v) is 11.8.